The van der Waals surface area contributed by atoms with Crippen molar-refractivity contribution in [1.82, 2.24) is 9.21 Å². The Kier molecular flexibility index (Phi) is 6.96. The van der Waals surface area contributed by atoms with E-state index in [-0.39, 0.29) is 5.91 Å². The third kappa shape index (κ3) is 4.59. The highest BCUT2D eigenvalue weighted by Gasteiger charge is 2.32. The van der Waals surface area contributed by atoms with Crippen LogP contribution in [-0.2, 0) is 27.7 Å². The summed E-state index contributed by atoms with van der Waals surface area (Å²) in [4.78, 5) is 16.5. The molecule has 0 spiro atoms. The summed E-state index contributed by atoms with van der Waals surface area (Å²) >= 11 is 1.53. The number of piperazine rings is 1. The van der Waals surface area contributed by atoms with Crippen molar-refractivity contribution in [1.29, 1.82) is 5.26 Å². The van der Waals surface area contributed by atoms with Crippen LogP contribution in [0.3, 0.4) is 0 Å². The van der Waals surface area contributed by atoms with E-state index in [1.54, 1.807) is 30.3 Å². The van der Waals surface area contributed by atoms with Gasteiger partial charge in [-0.25, -0.2) is 8.42 Å². The van der Waals surface area contributed by atoms with Crippen LogP contribution in [-0.4, -0.2) is 55.8 Å². The minimum Gasteiger partial charge on any atom is -0.315 e. The van der Waals surface area contributed by atoms with Gasteiger partial charge in [0.2, 0.25) is 15.9 Å². The van der Waals surface area contributed by atoms with Crippen LogP contribution in [0.15, 0.2) is 35.2 Å². The average molecular weight is 473 g/mol. The molecule has 0 radical (unpaired) electrons. The van der Waals surface area contributed by atoms with E-state index in [1.165, 1.54) is 26.9 Å². The van der Waals surface area contributed by atoms with Crippen molar-refractivity contribution in [3.63, 3.8) is 0 Å². The maximum atomic E-state index is 13.0. The van der Waals surface area contributed by atoms with Crippen LogP contribution in [0.1, 0.15) is 42.2 Å². The van der Waals surface area contributed by atoms with E-state index in [4.69, 9.17) is 0 Å². The van der Waals surface area contributed by atoms with Gasteiger partial charge in [0.1, 0.15) is 11.1 Å². The van der Waals surface area contributed by atoms with Gasteiger partial charge in [-0.2, -0.15) is 9.57 Å². The zero-order chi connectivity index (χ0) is 22.7. The molecule has 1 atom stereocenters. The van der Waals surface area contributed by atoms with Crippen molar-refractivity contribution in [2.24, 2.45) is 0 Å². The molecule has 1 aromatic heterocycles. The number of carbonyl (C=O) groups is 1. The second-order valence-corrected chi connectivity index (χ2v) is 11.3. The number of hydrogen-bond donors (Lipinski definition) is 1. The standard InChI is InChI=1S/C23H28N4O3S2/c1-17(22(28)25-23-20(16-24)19-10-6-3-7-11-21(19)31-23)26-12-14-27(15-13-26)32(29,30)18-8-4-2-5-9-18/h2,4-5,8-9,17H,3,6-7,10-15H2,1H3,(H,25,28)/t17-/m0/s1. The number of benzene rings is 1. The molecule has 1 aliphatic carbocycles. The van der Waals surface area contributed by atoms with Gasteiger partial charge < -0.3 is 5.32 Å². The fourth-order valence-electron chi connectivity index (χ4n) is 4.40. The van der Waals surface area contributed by atoms with Crippen LogP contribution in [0.5, 0.6) is 0 Å². The molecule has 0 saturated carbocycles. The molecule has 4 rings (SSSR count). The number of aryl methyl sites for hydroxylation is 1. The van der Waals surface area contributed by atoms with Crippen LogP contribution >= 0.6 is 11.3 Å². The van der Waals surface area contributed by atoms with Gasteiger partial charge in [-0.3, -0.25) is 9.69 Å². The lowest BCUT2D eigenvalue weighted by molar-refractivity contribution is -0.121. The molecule has 2 heterocycles. The zero-order valence-electron chi connectivity index (χ0n) is 18.2. The van der Waals surface area contributed by atoms with E-state index in [9.17, 15) is 18.5 Å². The fraction of sp³-hybridized carbons (Fsp3) is 0.478. The summed E-state index contributed by atoms with van der Waals surface area (Å²) < 4.78 is 27.1. The molecular weight excluding hydrogens is 444 g/mol. The Morgan fingerprint density at radius 2 is 1.78 bits per heavy atom. The van der Waals surface area contributed by atoms with Crippen molar-refractivity contribution < 1.29 is 13.2 Å². The molecule has 1 amide bonds. The average Bonchev–Trinajstić information content (AvgIpc) is 2.97. The van der Waals surface area contributed by atoms with Crippen molar-refractivity contribution >= 4 is 32.3 Å². The Hall–Kier alpha value is -2.25. The van der Waals surface area contributed by atoms with Crippen LogP contribution < -0.4 is 5.32 Å². The summed E-state index contributed by atoms with van der Waals surface area (Å²) in [5.74, 6) is -0.155. The summed E-state index contributed by atoms with van der Waals surface area (Å²) in [6.07, 6.45) is 5.25. The smallest absolute Gasteiger partial charge is 0.243 e. The third-order valence-electron chi connectivity index (χ3n) is 6.35. The van der Waals surface area contributed by atoms with Gasteiger partial charge in [0, 0.05) is 31.1 Å². The third-order valence-corrected chi connectivity index (χ3v) is 9.47. The SMILES string of the molecule is C[C@@H](C(=O)Nc1sc2c(c1C#N)CCCCC2)N1CCN(S(=O)(=O)c2ccccc2)CC1. The molecule has 1 fully saturated rings. The highest BCUT2D eigenvalue weighted by molar-refractivity contribution is 7.89. The first-order chi connectivity index (χ1) is 15.4. The highest BCUT2D eigenvalue weighted by Crippen LogP contribution is 2.37. The minimum atomic E-state index is -3.52. The largest absolute Gasteiger partial charge is 0.315 e. The lowest BCUT2D eigenvalue weighted by Crippen LogP contribution is -2.53. The molecule has 0 unspecified atom stereocenters. The summed E-state index contributed by atoms with van der Waals surface area (Å²) in [6.45, 7) is 3.47. The summed E-state index contributed by atoms with van der Waals surface area (Å²) in [7, 11) is -3.52. The Morgan fingerprint density at radius 3 is 2.47 bits per heavy atom. The summed E-state index contributed by atoms with van der Waals surface area (Å²) in [5.41, 5.74) is 1.73. The predicted molar refractivity (Wildman–Crippen MR) is 125 cm³/mol. The Bertz CT molecular complexity index is 1110. The van der Waals surface area contributed by atoms with Gasteiger partial charge in [-0.15, -0.1) is 11.3 Å². The predicted octanol–water partition coefficient (Wildman–Crippen LogP) is 3.22. The van der Waals surface area contributed by atoms with E-state index in [1.807, 2.05) is 11.8 Å². The van der Waals surface area contributed by atoms with Gasteiger partial charge in [0.25, 0.3) is 0 Å². The number of fused-ring (bicyclic) bond motifs is 1. The van der Waals surface area contributed by atoms with E-state index in [2.05, 4.69) is 11.4 Å². The number of thiophene rings is 1. The van der Waals surface area contributed by atoms with Crippen molar-refractivity contribution in [2.45, 2.75) is 50.0 Å². The van der Waals surface area contributed by atoms with Crippen LogP contribution in [0.4, 0.5) is 5.00 Å². The van der Waals surface area contributed by atoms with Gasteiger partial charge >= 0.3 is 0 Å². The molecule has 2 aromatic rings. The van der Waals surface area contributed by atoms with Crippen molar-refractivity contribution in [2.75, 3.05) is 31.5 Å². The molecule has 2 aliphatic rings. The molecule has 1 saturated heterocycles. The molecule has 0 bridgehead atoms. The Labute approximate surface area is 193 Å². The maximum Gasteiger partial charge on any atom is 0.243 e. The zero-order valence-corrected chi connectivity index (χ0v) is 19.8. The molecule has 1 N–H and O–H groups in total. The van der Waals surface area contributed by atoms with Gasteiger partial charge in [-0.1, -0.05) is 24.6 Å². The van der Waals surface area contributed by atoms with Crippen LogP contribution in [0.25, 0.3) is 0 Å². The number of anilines is 1. The number of nitriles is 1. The van der Waals surface area contributed by atoms with Crippen LogP contribution in [0, 0.1) is 11.3 Å². The second kappa shape index (κ2) is 9.71. The Balaban J connectivity index is 1.39. The van der Waals surface area contributed by atoms with Gasteiger partial charge in [0.05, 0.1) is 16.5 Å². The molecule has 1 aromatic carbocycles. The second-order valence-electron chi connectivity index (χ2n) is 8.30. The highest BCUT2D eigenvalue weighted by atomic mass is 32.2. The van der Waals surface area contributed by atoms with E-state index in [0.29, 0.717) is 41.6 Å². The molecule has 170 valence electrons. The first kappa shape index (κ1) is 22.9. The van der Waals surface area contributed by atoms with Gasteiger partial charge in [0.15, 0.2) is 0 Å². The number of amides is 1. The number of carbonyl (C=O) groups excluding carboxylic acids is 1. The van der Waals surface area contributed by atoms with Crippen molar-refractivity contribution in [3.8, 4) is 6.07 Å². The quantitative estimate of drug-likeness (QED) is 0.675. The van der Waals surface area contributed by atoms with E-state index >= 15 is 0 Å². The fourth-order valence-corrected chi connectivity index (χ4v) is 7.09. The van der Waals surface area contributed by atoms with Gasteiger partial charge in [-0.05, 0) is 50.3 Å². The minimum absolute atomic E-state index is 0.155. The normalized spacial score (nSPS) is 18.9. The number of nitrogens with zero attached hydrogens (tertiary/aromatic N) is 3. The number of nitrogens with one attached hydrogen (secondary N) is 1. The Morgan fingerprint density at radius 1 is 1.09 bits per heavy atom. The monoisotopic (exact) mass is 472 g/mol. The number of rotatable bonds is 5. The lowest BCUT2D eigenvalue weighted by Gasteiger charge is -2.36. The lowest BCUT2D eigenvalue weighted by atomic mass is 10.1. The number of hydrogen-bond acceptors (Lipinski definition) is 6. The first-order valence-electron chi connectivity index (χ1n) is 11.1. The summed E-state index contributed by atoms with van der Waals surface area (Å²) in [5, 5.41) is 13.3. The molecule has 1 aliphatic heterocycles. The van der Waals surface area contributed by atoms with E-state index in [0.717, 1.165) is 31.2 Å². The summed E-state index contributed by atoms with van der Waals surface area (Å²) in [6, 6.07) is 10.3. The van der Waals surface area contributed by atoms with Crippen molar-refractivity contribution in [3.05, 3.63) is 46.3 Å². The number of sulfonamides is 1. The van der Waals surface area contributed by atoms with Crippen LogP contribution in [0.2, 0.25) is 0 Å². The molecule has 32 heavy (non-hydrogen) atoms. The topological polar surface area (TPSA) is 93.5 Å². The maximum absolute atomic E-state index is 13.0. The molecule has 7 nitrogen and oxygen atoms in total. The first-order valence-corrected chi connectivity index (χ1v) is 13.3. The van der Waals surface area contributed by atoms with E-state index < -0.39 is 16.1 Å². The molecular formula is C23H28N4O3S2. The molecule has 9 heteroatoms.